The quantitative estimate of drug-likeness (QED) is 0.687. The topological polar surface area (TPSA) is 9.23 Å². The van der Waals surface area contributed by atoms with Crippen LogP contribution in [0.1, 0.15) is 0 Å². The van der Waals surface area contributed by atoms with Crippen molar-refractivity contribution >= 4 is 35.3 Å². The fourth-order valence-corrected chi connectivity index (χ4v) is 6.53. The van der Waals surface area contributed by atoms with Crippen LogP contribution in [0.2, 0.25) is 0 Å². The molecule has 0 saturated carbocycles. The highest BCUT2D eigenvalue weighted by molar-refractivity contribution is 8.33. The van der Waals surface area contributed by atoms with Crippen LogP contribution in [-0.2, 0) is 4.74 Å². The van der Waals surface area contributed by atoms with Crippen LogP contribution in [0.25, 0.3) is 0 Å². The van der Waals surface area contributed by atoms with Crippen LogP contribution >= 0.6 is 35.3 Å². The number of methoxy groups -OCH3 is 1. The maximum absolute atomic E-state index is 5.26. The third-order valence-corrected chi connectivity index (χ3v) is 7.63. The summed E-state index contributed by atoms with van der Waals surface area (Å²) in [4.78, 5) is 0. The normalized spacial score (nSPS) is 42.8. The first kappa shape index (κ1) is 8.60. The summed E-state index contributed by atoms with van der Waals surface area (Å²) in [5.74, 6) is 3.93. The summed E-state index contributed by atoms with van der Waals surface area (Å²) in [6.07, 6.45) is 0. The highest BCUT2D eigenvalue weighted by Crippen LogP contribution is 2.53. The summed E-state index contributed by atoms with van der Waals surface area (Å²) in [5, 5.41) is 0. The van der Waals surface area contributed by atoms with E-state index in [1.165, 1.54) is 17.3 Å². The van der Waals surface area contributed by atoms with Gasteiger partial charge in [0.1, 0.15) is 0 Å². The molecule has 0 aliphatic carbocycles. The van der Waals surface area contributed by atoms with Gasteiger partial charge in [0.2, 0.25) is 0 Å². The van der Waals surface area contributed by atoms with Gasteiger partial charge in [0.25, 0.3) is 0 Å². The third-order valence-electron chi connectivity index (χ3n) is 2.03. The molecule has 3 aliphatic rings. The maximum atomic E-state index is 5.26. The van der Waals surface area contributed by atoms with E-state index in [1.807, 2.05) is 7.11 Å². The average molecular weight is 208 g/mol. The lowest BCUT2D eigenvalue weighted by atomic mass is 9.97. The van der Waals surface area contributed by atoms with Gasteiger partial charge in [0, 0.05) is 29.8 Å². The Balaban J connectivity index is 2.00. The first-order valence-electron chi connectivity index (χ1n) is 3.68. The Morgan fingerprint density at radius 1 is 1.27 bits per heavy atom. The molecule has 0 aromatic carbocycles. The summed E-state index contributed by atoms with van der Waals surface area (Å²) in [7, 11) is 1.81. The Labute approximate surface area is 80.4 Å². The van der Waals surface area contributed by atoms with Crippen molar-refractivity contribution in [1.29, 1.82) is 0 Å². The van der Waals surface area contributed by atoms with Crippen molar-refractivity contribution in [1.82, 2.24) is 0 Å². The van der Waals surface area contributed by atoms with Gasteiger partial charge < -0.3 is 4.74 Å². The zero-order valence-electron chi connectivity index (χ0n) is 6.54. The van der Waals surface area contributed by atoms with Crippen molar-refractivity contribution in [3.63, 3.8) is 0 Å². The molecule has 3 rings (SSSR count). The lowest BCUT2D eigenvalue weighted by Gasteiger charge is -2.44. The van der Waals surface area contributed by atoms with Crippen molar-refractivity contribution < 1.29 is 4.74 Å². The van der Waals surface area contributed by atoms with E-state index < -0.39 is 0 Å². The van der Waals surface area contributed by atoms with Gasteiger partial charge >= 0.3 is 0 Å². The molecule has 0 spiro atoms. The number of ether oxygens (including phenoxy) is 1. The summed E-state index contributed by atoms with van der Waals surface area (Å²) < 4.78 is 6.09. The van der Waals surface area contributed by atoms with Crippen LogP contribution in [0.15, 0.2) is 0 Å². The second kappa shape index (κ2) is 3.40. The Morgan fingerprint density at radius 2 is 1.82 bits per heavy atom. The van der Waals surface area contributed by atoms with Gasteiger partial charge in [-0.05, 0) is 0 Å². The molecular formula is C7H12OS3. The van der Waals surface area contributed by atoms with Gasteiger partial charge in [-0.15, -0.1) is 35.3 Å². The number of thioether (sulfide) groups is 3. The molecule has 2 bridgehead atoms. The number of hydrogen-bond acceptors (Lipinski definition) is 4. The van der Waals surface area contributed by atoms with Crippen molar-refractivity contribution in [2.24, 2.45) is 5.41 Å². The van der Waals surface area contributed by atoms with E-state index in [4.69, 9.17) is 4.74 Å². The molecule has 3 saturated heterocycles. The molecule has 3 aliphatic heterocycles. The minimum atomic E-state index is 0.503. The fourth-order valence-electron chi connectivity index (χ4n) is 1.43. The van der Waals surface area contributed by atoms with Gasteiger partial charge in [-0.1, -0.05) is 0 Å². The molecule has 64 valence electrons. The molecule has 1 nitrogen and oxygen atoms in total. The highest BCUT2D eigenvalue weighted by atomic mass is 32.3. The lowest BCUT2D eigenvalue weighted by molar-refractivity contribution is 0.124. The zero-order chi connectivity index (χ0) is 7.73. The molecule has 0 unspecified atom stereocenters. The summed E-state index contributed by atoms with van der Waals surface area (Å²) in [5.41, 5.74) is 0.503. The van der Waals surface area contributed by atoms with Crippen molar-refractivity contribution in [3.8, 4) is 0 Å². The second-order valence-electron chi connectivity index (χ2n) is 3.15. The predicted octanol–water partition coefficient (Wildman–Crippen LogP) is 2.13. The van der Waals surface area contributed by atoms with Gasteiger partial charge in [0.15, 0.2) is 0 Å². The Bertz CT molecular complexity index is 123. The van der Waals surface area contributed by atoms with E-state index in [-0.39, 0.29) is 0 Å². The lowest BCUT2D eigenvalue weighted by Crippen LogP contribution is -2.42. The maximum Gasteiger partial charge on any atom is 0.0956 e. The number of fused-ring (bicyclic) bond motifs is 3. The summed E-state index contributed by atoms with van der Waals surface area (Å²) in [6, 6.07) is 0. The fraction of sp³-hybridized carbons (Fsp3) is 1.00. The van der Waals surface area contributed by atoms with E-state index in [0.717, 1.165) is 10.5 Å². The standard InChI is InChI=1S/C7H12OS3/c1-8-2-7-3-9-6(10-4-7)11-5-7/h6H,2-5H2,1H3. The molecule has 0 radical (unpaired) electrons. The van der Waals surface area contributed by atoms with Crippen LogP contribution in [-0.4, -0.2) is 34.9 Å². The van der Waals surface area contributed by atoms with Gasteiger partial charge in [-0.25, -0.2) is 0 Å². The van der Waals surface area contributed by atoms with Crippen LogP contribution in [0.4, 0.5) is 0 Å². The largest absolute Gasteiger partial charge is 0.384 e. The molecule has 11 heavy (non-hydrogen) atoms. The predicted molar refractivity (Wildman–Crippen MR) is 55.5 cm³/mol. The van der Waals surface area contributed by atoms with E-state index in [1.54, 1.807) is 0 Å². The minimum Gasteiger partial charge on any atom is -0.384 e. The molecule has 3 fully saturated rings. The van der Waals surface area contributed by atoms with Crippen LogP contribution in [0.3, 0.4) is 0 Å². The number of hydrogen-bond donors (Lipinski definition) is 0. The summed E-state index contributed by atoms with van der Waals surface area (Å²) >= 11 is 6.29. The highest BCUT2D eigenvalue weighted by Gasteiger charge is 2.42. The Morgan fingerprint density at radius 3 is 2.27 bits per heavy atom. The molecule has 3 heterocycles. The van der Waals surface area contributed by atoms with Crippen molar-refractivity contribution in [2.75, 3.05) is 31.0 Å². The van der Waals surface area contributed by atoms with Gasteiger partial charge in [-0.2, -0.15) is 0 Å². The van der Waals surface area contributed by atoms with Crippen molar-refractivity contribution in [3.05, 3.63) is 0 Å². The molecule has 0 aromatic heterocycles. The molecular weight excluding hydrogens is 196 g/mol. The third kappa shape index (κ3) is 1.69. The monoisotopic (exact) mass is 208 g/mol. The molecule has 0 aromatic rings. The van der Waals surface area contributed by atoms with E-state index >= 15 is 0 Å². The van der Waals surface area contributed by atoms with Crippen LogP contribution < -0.4 is 0 Å². The minimum absolute atomic E-state index is 0.503. The average Bonchev–Trinajstić information content (AvgIpc) is 2.07. The Hall–Kier alpha value is 1.01. The Kier molecular flexibility index (Phi) is 2.66. The van der Waals surface area contributed by atoms with Crippen molar-refractivity contribution in [2.45, 2.75) is 3.91 Å². The van der Waals surface area contributed by atoms with Crippen LogP contribution in [0, 0.1) is 5.41 Å². The van der Waals surface area contributed by atoms with E-state index in [2.05, 4.69) is 35.3 Å². The van der Waals surface area contributed by atoms with E-state index in [9.17, 15) is 0 Å². The first-order valence-corrected chi connectivity index (χ1v) is 6.83. The van der Waals surface area contributed by atoms with Gasteiger partial charge in [-0.3, -0.25) is 0 Å². The molecule has 4 heteroatoms. The number of rotatable bonds is 2. The molecule has 0 N–H and O–H groups in total. The first-order chi connectivity index (χ1) is 5.35. The van der Waals surface area contributed by atoms with Gasteiger partial charge in [0.05, 0.1) is 10.5 Å². The molecule has 0 amide bonds. The molecule has 0 atom stereocenters. The summed E-state index contributed by atoms with van der Waals surface area (Å²) in [6.45, 7) is 0.951. The SMILES string of the molecule is COCC12CSC(SC1)SC2. The zero-order valence-corrected chi connectivity index (χ0v) is 8.99. The smallest absolute Gasteiger partial charge is 0.0956 e. The van der Waals surface area contributed by atoms with Crippen LogP contribution in [0.5, 0.6) is 0 Å². The second-order valence-corrected chi connectivity index (χ2v) is 7.33. The van der Waals surface area contributed by atoms with E-state index in [0.29, 0.717) is 5.41 Å².